The third kappa shape index (κ3) is 1.54. The fourth-order valence-corrected chi connectivity index (χ4v) is 1.97. The summed E-state index contributed by atoms with van der Waals surface area (Å²) in [6, 6.07) is 4.30. The van der Waals surface area contributed by atoms with Crippen molar-refractivity contribution in [1.29, 1.82) is 0 Å². The molecule has 1 amide bonds. The Morgan fingerprint density at radius 3 is 3.00 bits per heavy atom. The Hall–Kier alpha value is -1.58. The van der Waals surface area contributed by atoms with Crippen LogP contribution in [-0.2, 0) is 4.79 Å². The van der Waals surface area contributed by atoms with Gasteiger partial charge in [0, 0.05) is 12.0 Å². The summed E-state index contributed by atoms with van der Waals surface area (Å²) >= 11 is 0. The zero-order valence-corrected chi connectivity index (χ0v) is 8.78. The van der Waals surface area contributed by atoms with Crippen molar-refractivity contribution in [1.82, 2.24) is 0 Å². The van der Waals surface area contributed by atoms with Crippen molar-refractivity contribution < 1.29 is 13.9 Å². The third-order valence-electron chi connectivity index (χ3n) is 2.98. The number of benzene rings is 1. The predicted molar refractivity (Wildman–Crippen MR) is 57.0 cm³/mol. The van der Waals surface area contributed by atoms with Crippen molar-refractivity contribution in [3.63, 3.8) is 0 Å². The number of carbonyl (C=O) groups is 1. The summed E-state index contributed by atoms with van der Waals surface area (Å²) in [5, 5.41) is 0. The molecule has 0 spiro atoms. The minimum atomic E-state index is -0.335. The monoisotopic (exact) mass is 221 g/mol. The maximum absolute atomic E-state index is 13.2. The highest BCUT2D eigenvalue weighted by Gasteiger charge is 2.36. The minimum Gasteiger partial charge on any atom is -0.490 e. The first kappa shape index (κ1) is 9.63. The number of halogens is 1. The van der Waals surface area contributed by atoms with Gasteiger partial charge >= 0.3 is 0 Å². The molecule has 1 aromatic carbocycles. The van der Waals surface area contributed by atoms with E-state index in [2.05, 4.69) is 0 Å². The first-order valence-corrected chi connectivity index (χ1v) is 5.49. The first-order valence-electron chi connectivity index (χ1n) is 5.49. The average molecular weight is 221 g/mol. The molecular weight excluding hydrogens is 209 g/mol. The first-order chi connectivity index (χ1) is 7.75. The molecule has 0 unspecified atom stereocenters. The highest BCUT2D eigenvalue weighted by molar-refractivity contribution is 5.98. The molecule has 1 heterocycles. The molecule has 16 heavy (non-hydrogen) atoms. The van der Waals surface area contributed by atoms with Gasteiger partial charge in [-0.2, -0.15) is 0 Å². The van der Waals surface area contributed by atoms with Gasteiger partial charge in [0.1, 0.15) is 18.2 Å². The Labute approximate surface area is 92.8 Å². The largest absolute Gasteiger partial charge is 0.490 e. The third-order valence-corrected chi connectivity index (χ3v) is 2.98. The number of hydrogen-bond donors (Lipinski definition) is 0. The summed E-state index contributed by atoms with van der Waals surface area (Å²) in [5.74, 6) is 0.517. The van der Waals surface area contributed by atoms with Crippen LogP contribution in [0.4, 0.5) is 10.1 Å². The maximum Gasteiger partial charge on any atom is 0.230 e. The van der Waals surface area contributed by atoms with Crippen molar-refractivity contribution in [3.8, 4) is 5.75 Å². The molecule has 0 N–H and O–H groups in total. The second-order valence-electron chi connectivity index (χ2n) is 4.22. The van der Waals surface area contributed by atoms with Gasteiger partial charge in [-0.15, -0.1) is 0 Å². The Bertz CT molecular complexity index is 443. The summed E-state index contributed by atoms with van der Waals surface area (Å²) < 4.78 is 18.6. The molecule has 3 nitrogen and oxygen atoms in total. The van der Waals surface area contributed by atoms with E-state index in [-0.39, 0.29) is 17.6 Å². The van der Waals surface area contributed by atoms with Crippen LogP contribution < -0.4 is 9.64 Å². The molecule has 4 heteroatoms. The molecule has 0 saturated heterocycles. The van der Waals surface area contributed by atoms with Crippen molar-refractivity contribution in [2.75, 3.05) is 18.1 Å². The summed E-state index contributed by atoms with van der Waals surface area (Å²) in [6.07, 6.45) is 1.92. The fourth-order valence-electron chi connectivity index (χ4n) is 1.97. The standard InChI is InChI=1S/C12H12FNO2/c13-9-3-4-11-10(7-9)14(5-6-16-11)12(15)8-1-2-8/h3-4,7-8H,1-2,5-6H2. The van der Waals surface area contributed by atoms with Crippen LogP contribution in [0.5, 0.6) is 5.75 Å². The summed E-state index contributed by atoms with van der Waals surface area (Å²) in [6.45, 7) is 1.00. The summed E-state index contributed by atoms with van der Waals surface area (Å²) in [4.78, 5) is 13.6. The molecule has 1 aromatic rings. The Balaban J connectivity index is 1.97. The lowest BCUT2D eigenvalue weighted by Gasteiger charge is -2.29. The van der Waals surface area contributed by atoms with Crippen LogP contribution in [0, 0.1) is 11.7 Å². The lowest BCUT2D eigenvalue weighted by Crippen LogP contribution is -2.38. The van der Waals surface area contributed by atoms with E-state index in [1.54, 1.807) is 11.0 Å². The number of fused-ring (bicyclic) bond motifs is 1. The number of rotatable bonds is 1. The lowest BCUT2D eigenvalue weighted by molar-refractivity contribution is -0.120. The van der Waals surface area contributed by atoms with Crippen LogP contribution in [0.1, 0.15) is 12.8 Å². The molecule has 1 aliphatic carbocycles. The van der Waals surface area contributed by atoms with Crippen molar-refractivity contribution in [3.05, 3.63) is 24.0 Å². The summed E-state index contributed by atoms with van der Waals surface area (Å²) in [5.41, 5.74) is 0.572. The van der Waals surface area contributed by atoms with Crippen LogP contribution in [0.3, 0.4) is 0 Å². The van der Waals surface area contributed by atoms with Crippen LogP contribution in [-0.4, -0.2) is 19.1 Å². The van der Waals surface area contributed by atoms with Crippen LogP contribution in [0.25, 0.3) is 0 Å². The Morgan fingerprint density at radius 1 is 1.44 bits per heavy atom. The van der Waals surface area contributed by atoms with E-state index < -0.39 is 0 Å². The fraction of sp³-hybridized carbons (Fsp3) is 0.417. The molecule has 84 valence electrons. The highest BCUT2D eigenvalue weighted by Crippen LogP contribution is 2.37. The van der Waals surface area contributed by atoms with Gasteiger partial charge in [-0.3, -0.25) is 4.79 Å². The van der Waals surface area contributed by atoms with Gasteiger partial charge in [0.2, 0.25) is 5.91 Å². The van der Waals surface area contributed by atoms with E-state index in [4.69, 9.17) is 4.74 Å². The van der Waals surface area contributed by atoms with Gasteiger partial charge in [-0.05, 0) is 25.0 Å². The quantitative estimate of drug-likeness (QED) is 0.725. The average Bonchev–Trinajstić information content (AvgIpc) is 3.11. The lowest BCUT2D eigenvalue weighted by atomic mass is 10.2. The van der Waals surface area contributed by atoms with Crippen LogP contribution in [0.15, 0.2) is 18.2 Å². The van der Waals surface area contributed by atoms with E-state index in [0.717, 1.165) is 12.8 Å². The molecule has 0 radical (unpaired) electrons. The SMILES string of the molecule is O=C(C1CC1)N1CCOc2ccc(F)cc21. The van der Waals surface area contributed by atoms with Gasteiger partial charge in [0.15, 0.2) is 0 Å². The maximum atomic E-state index is 13.2. The number of carbonyl (C=O) groups excluding carboxylic acids is 1. The van der Waals surface area contributed by atoms with Crippen molar-refractivity contribution in [2.45, 2.75) is 12.8 Å². The molecule has 1 aliphatic heterocycles. The smallest absolute Gasteiger partial charge is 0.230 e. The summed E-state index contributed by atoms with van der Waals surface area (Å²) in [7, 11) is 0. The minimum absolute atomic E-state index is 0.107. The number of hydrogen-bond acceptors (Lipinski definition) is 2. The highest BCUT2D eigenvalue weighted by atomic mass is 19.1. The number of anilines is 1. The van der Waals surface area contributed by atoms with Crippen molar-refractivity contribution in [2.24, 2.45) is 5.92 Å². The van der Waals surface area contributed by atoms with Crippen molar-refractivity contribution >= 4 is 11.6 Å². The predicted octanol–water partition coefficient (Wildman–Crippen LogP) is 1.96. The van der Waals surface area contributed by atoms with Gasteiger partial charge < -0.3 is 9.64 Å². The van der Waals surface area contributed by atoms with E-state index in [1.807, 2.05) is 0 Å². The number of amides is 1. The molecule has 0 atom stereocenters. The van der Waals surface area contributed by atoms with E-state index in [0.29, 0.717) is 24.6 Å². The van der Waals surface area contributed by atoms with Crippen LogP contribution in [0.2, 0.25) is 0 Å². The molecule has 0 bridgehead atoms. The number of ether oxygens (including phenoxy) is 1. The van der Waals surface area contributed by atoms with Crippen LogP contribution >= 0.6 is 0 Å². The zero-order chi connectivity index (χ0) is 11.1. The molecule has 0 aromatic heterocycles. The zero-order valence-electron chi connectivity index (χ0n) is 8.78. The van der Waals surface area contributed by atoms with Gasteiger partial charge in [-0.1, -0.05) is 0 Å². The van der Waals surface area contributed by atoms with Gasteiger partial charge in [0.25, 0.3) is 0 Å². The second-order valence-corrected chi connectivity index (χ2v) is 4.22. The van der Waals surface area contributed by atoms with E-state index in [1.165, 1.54) is 12.1 Å². The second kappa shape index (κ2) is 3.47. The number of nitrogens with zero attached hydrogens (tertiary/aromatic N) is 1. The molecule has 1 saturated carbocycles. The Kier molecular flexibility index (Phi) is 2.09. The molecule has 3 rings (SSSR count). The van der Waals surface area contributed by atoms with Gasteiger partial charge in [-0.25, -0.2) is 4.39 Å². The normalized spacial score (nSPS) is 18.9. The molecular formula is C12H12FNO2. The molecule has 2 aliphatic rings. The molecule has 1 fully saturated rings. The van der Waals surface area contributed by atoms with E-state index >= 15 is 0 Å². The van der Waals surface area contributed by atoms with Gasteiger partial charge in [0.05, 0.1) is 12.2 Å². The topological polar surface area (TPSA) is 29.5 Å². The van der Waals surface area contributed by atoms with E-state index in [9.17, 15) is 9.18 Å². The Morgan fingerprint density at radius 2 is 2.25 bits per heavy atom.